The molecule has 1 saturated heterocycles. The molecule has 1 aliphatic heterocycles. The van der Waals surface area contributed by atoms with E-state index in [1.807, 2.05) is 30.3 Å². The Morgan fingerprint density at radius 1 is 1.10 bits per heavy atom. The molecular weight excluding hydrogens is 392 g/mol. The number of hydrogen-bond donors (Lipinski definition) is 0. The highest BCUT2D eigenvalue weighted by molar-refractivity contribution is 6.30. The Morgan fingerprint density at radius 3 is 2.21 bits per heavy atom. The van der Waals surface area contributed by atoms with Crippen LogP contribution in [-0.4, -0.2) is 26.2 Å². The molecule has 0 N–H and O–H groups in total. The number of methoxy groups -OCH3 is 2. The predicted molar refractivity (Wildman–Crippen MR) is 109 cm³/mol. The molecule has 0 radical (unpaired) electrons. The molecule has 1 aliphatic rings. The van der Waals surface area contributed by atoms with Gasteiger partial charge in [0.2, 0.25) is 0 Å². The summed E-state index contributed by atoms with van der Waals surface area (Å²) in [5, 5.41) is 0.536. The van der Waals surface area contributed by atoms with Gasteiger partial charge in [-0.3, -0.25) is 9.59 Å². The maximum atomic E-state index is 13.1. The van der Waals surface area contributed by atoms with Crippen LogP contribution in [0.4, 0.5) is 0 Å². The first-order valence-corrected chi connectivity index (χ1v) is 9.58. The third-order valence-electron chi connectivity index (χ3n) is 5.40. The quantitative estimate of drug-likeness (QED) is 0.392. The summed E-state index contributed by atoms with van der Waals surface area (Å²) >= 11 is 6.03. The summed E-state index contributed by atoms with van der Waals surface area (Å²) in [6.07, 6.45) is 1.26. The van der Waals surface area contributed by atoms with E-state index in [1.54, 1.807) is 30.3 Å². The molecule has 0 saturated carbocycles. The van der Waals surface area contributed by atoms with Crippen molar-refractivity contribution in [2.75, 3.05) is 14.2 Å². The fourth-order valence-corrected chi connectivity index (χ4v) is 4.22. The second-order valence-electron chi connectivity index (χ2n) is 7.03. The van der Waals surface area contributed by atoms with Gasteiger partial charge in [-0.1, -0.05) is 60.1 Å². The van der Waals surface area contributed by atoms with Crippen molar-refractivity contribution in [2.24, 2.45) is 5.41 Å². The molecule has 0 bridgehead atoms. The highest BCUT2D eigenvalue weighted by atomic mass is 35.5. The summed E-state index contributed by atoms with van der Waals surface area (Å²) in [4.78, 5) is 26.1. The largest absolute Gasteiger partial charge is 0.468 e. The minimum atomic E-state index is -1.67. The first-order valence-electron chi connectivity index (χ1n) is 9.20. The lowest BCUT2D eigenvalue weighted by Crippen LogP contribution is -2.44. The van der Waals surface area contributed by atoms with E-state index in [-0.39, 0.29) is 6.42 Å². The fourth-order valence-electron chi connectivity index (χ4n) is 4.09. The van der Waals surface area contributed by atoms with Crippen molar-refractivity contribution in [3.8, 4) is 0 Å². The summed E-state index contributed by atoms with van der Waals surface area (Å²) < 4.78 is 16.7. The summed E-state index contributed by atoms with van der Waals surface area (Å²) in [6.45, 7) is 3.85. The summed E-state index contributed by atoms with van der Waals surface area (Å²) in [5.74, 6) is -1.41. The van der Waals surface area contributed by atoms with Gasteiger partial charge in [0, 0.05) is 11.4 Å². The van der Waals surface area contributed by atoms with E-state index in [2.05, 4.69) is 6.58 Å². The first-order chi connectivity index (χ1) is 13.9. The van der Waals surface area contributed by atoms with Gasteiger partial charge in [0.15, 0.2) is 5.41 Å². The molecule has 0 amide bonds. The average molecular weight is 415 g/mol. The van der Waals surface area contributed by atoms with Gasteiger partial charge < -0.3 is 14.2 Å². The van der Waals surface area contributed by atoms with Crippen LogP contribution in [0, 0.1) is 5.41 Å². The molecule has 5 nitrogen and oxygen atoms in total. The molecule has 0 aliphatic carbocycles. The Bertz CT molecular complexity index is 877. The van der Waals surface area contributed by atoms with E-state index in [9.17, 15) is 9.59 Å². The Labute approximate surface area is 175 Å². The average Bonchev–Trinajstić information content (AvgIpc) is 3.11. The number of carbonyl (C=O) groups excluding carboxylic acids is 2. The standard InChI is InChI=1S/C23H23ClO5/c1-4-14-22(17-8-6-5-7-9-17)15-23(20(25)27-2,21(26)28-3)19(29-22)16-10-12-18(24)13-11-16/h4-13,19H,1,14-15H2,2-3H3/t19-,22-/m1/s1. The van der Waals surface area contributed by atoms with Crippen LogP contribution in [0.15, 0.2) is 67.3 Å². The Balaban J connectivity index is 2.24. The molecule has 2 atom stereocenters. The zero-order valence-electron chi connectivity index (χ0n) is 16.4. The van der Waals surface area contributed by atoms with Crippen molar-refractivity contribution in [2.45, 2.75) is 24.5 Å². The molecule has 6 heteroatoms. The first kappa shape index (κ1) is 21.1. The van der Waals surface area contributed by atoms with E-state index in [0.717, 1.165) is 5.56 Å². The molecule has 1 fully saturated rings. The minimum absolute atomic E-state index is 0.0582. The highest BCUT2D eigenvalue weighted by Gasteiger charge is 2.66. The van der Waals surface area contributed by atoms with Crippen molar-refractivity contribution in [1.82, 2.24) is 0 Å². The number of rotatable bonds is 6. The molecule has 2 aromatic carbocycles. The molecule has 1 heterocycles. The summed E-state index contributed by atoms with van der Waals surface area (Å²) in [6, 6.07) is 16.3. The predicted octanol–water partition coefficient (Wildman–Crippen LogP) is 4.61. The number of ether oxygens (including phenoxy) is 3. The van der Waals surface area contributed by atoms with Gasteiger partial charge in [-0.2, -0.15) is 0 Å². The zero-order chi connectivity index (χ0) is 21.1. The summed E-state index contributed by atoms with van der Waals surface area (Å²) in [5.41, 5.74) is -1.15. The number of hydrogen-bond acceptors (Lipinski definition) is 5. The van der Waals surface area contributed by atoms with Gasteiger partial charge in [0.05, 0.1) is 19.8 Å². The molecule has 0 spiro atoms. The van der Waals surface area contributed by atoms with Gasteiger partial charge >= 0.3 is 11.9 Å². The molecule has 2 aromatic rings. The monoisotopic (exact) mass is 414 g/mol. The van der Waals surface area contributed by atoms with Gasteiger partial charge in [-0.15, -0.1) is 6.58 Å². The van der Waals surface area contributed by atoms with Crippen LogP contribution in [0.1, 0.15) is 30.1 Å². The molecule has 3 rings (SSSR count). The van der Waals surface area contributed by atoms with E-state index >= 15 is 0 Å². The maximum Gasteiger partial charge on any atom is 0.326 e. The van der Waals surface area contributed by atoms with Crippen molar-refractivity contribution >= 4 is 23.5 Å². The smallest absolute Gasteiger partial charge is 0.326 e. The lowest BCUT2D eigenvalue weighted by Gasteiger charge is -2.29. The van der Waals surface area contributed by atoms with Gasteiger partial charge in [0.25, 0.3) is 0 Å². The van der Waals surface area contributed by atoms with Gasteiger partial charge in [-0.05, 0) is 29.7 Å². The van der Waals surface area contributed by atoms with Crippen molar-refractivity contribution in [1.29, 1.82) is 0 Å². The van der Waals surface area contributed by atoms with Crippen LogP contribution < -0.4 is 0 Å². The maximum absolute atomic E-state index is 13.1. The van der Waals surface area contributed by atoms with Crippen LogP contribution in [0.2, 0.25) is 5.02 Å². The Kier molecular flexibility index (Phi) is 6.10. The van der Waals surface area contributed by atoms with Crippen molar-refractivity contribution < 1.29 is 23.8 Å². The van der Waals surface area contributed by atoms with E-state index in [4.69, 9.17) is 25.8 Å². The molecule has 0 unspecified atom stereocenters. The number of carbonyl (C=O) groups is 2. The van der Waals surface area contributed by atoms with E-state index < -0.39 is 29.1 Å². The van der Waals surface area contributed by atoms with Crippen LogP contribution in [0.5, 0.6) is 0 Å². The van der Waals surface area contributed by atoms with E-state index in [1.165, 1.54) is 14.2 Å². The molecule has 29 heavy (non-hydrogen) atoms. The zero-order valence-corrected chi connectivity index (χ0v) is 17.1. The van der Waals surface area contributed by atoms with Crippen molar-refractivity contribution in [3.63, 3.8) is 0 Å². The molecule has 152 valence electrons. The number of esters is 2. The third-order valence-corrected chi connectivity index (χ3v) is 5.65. The van der Waals surface area contributed by atoms with Crippen LogP contribution in [0.3, 0.4) is 0 Å². The third kappa shape index (κ3) is 3.56. The van der Waals surface area contributed by atoms with Crippen LogP contribution in [0.25, 0.3) is 0 Å². The normalized spacial score (nSPS) is 22.7. The minimum Gasteiger partial charge on any atom is -0.468 e. The summed E-state index contributed by atoms with van der Waals surface area (Å²) in [7, 11) is 2.50. The second kappa shape index (κ2) is 8.39. The Hall–Kier alpha value is -2.63. The topological polar surface area (TPSA) is 61.8 Å². The van der Waals surface area contributed by atoms with Crippen LogP contribution >= 0.6 is 11.6 Å². The van der Waals surface area contributed by atoms with Gasteiger partial charge in [0.1, 0.15) is 6.10 Å². The highest BCUT2D eigenvalue weighted by Crippen LogP contribution is 2.59. The Morgan fingerprint density at radius 2 is 1.69 bits per heavy atom. The fraction of sp³-hybridized carbons (Fsp3) is 0.304. The molecule has 0 aromatic heterocycles. The van der Waals surface area contributed by atoms with Crippen LogP contribution in [-0.2, 0) is 29.4 Å². The van der Waals surface area contributed by atoms with Gasteiger partial charge in [-0.25, -0.2) is 0 Å². The lowest BCUT2D eigenvalue weighted by molar-refractivity contribution is -0.174. The SMILES string of the molecule is C=CC[C@]1(c2ccccc2)CC(C(=O)OC)(C(=O)OC)[C@@H](c2ccc(Cl)cc2)O1. The molecular formula is C23H23ClO5. The van der Waals surface area contributed by atoms with Crippen molar-refractivity contribution in [3.05, 3.63) is 83.4 Å². The lowest BCUT2D eigenvalue weighted by atomic mass is 9.72. The second-order valence-corrected chi connectivity index (χ2v) is 7.47. The number of benzene rings is 2. The number of halogens is 1. The van der Waals surface area contributed by atoms with E-state index in [0.29, 0.717) is 17.0 Å².